The van der Waals surface area contributed by atoms with Crippen LogP contribution in [0.3, 0.4) is 0 Å². The van der Waals surface area contributed by atoms with Crippen LogP contribution in [-0.4, -0.2) is 45.0 Å². The fourth-order valence-corrected chi connectivity index (χ4v) is 2.56. The van der Waals surface area contributed by atoms with Crippen LogP contribution in [0.1, 0.15) is 53.9 Å². The predicted molar refractivity (Wildman–Crippen MR) is 107 cm³/mol. The lowest BCUT2D eigenvalue weighted by molar-refractivity contribution is 0.491. The van der Waals surface area contributed by atoms with Crippen LogP contribution in [-0.2, 0) is 9.84 Å². The van der Waals surface area contributed by atoms with E-state index in [4.69, 9.17) is 0 Å². The van der Waals surface area contributed by atoms with Crippen LogP contribution in [0.15, 0.2) is 4.99 Å². The zero-order valence-electron chi connectivity index (χ0n) is 14.7. The van der Waals surface area contributed by atoms with Crippen molar-refractivity contribution in [3.05, 3.63) is 0 Å². The lowest BCUT2D eigenvalue weighted by atomic mass is 10.0. The van der Waals surface area contributed by atoms with Crippen LogP contribution in [0.2, 0.25) is 0 Å². The minimum absolute atomic E-state index is 0. The smallest absolute Gasteiger partial charge is 0.191 e. The maximum atomic E-state index is 11.5. The summed E-state index contributed by atoms with van der Waals surface area (Å²) in [4.78, 5) is 4.35. The standard InChI is InChI=1S/C15H33N3O2S.HI/c1-6-16-15(17-11-12-21(19,20)7-2)18-14(5)10-8-9-13(3)4;/h13-14H,6-12H2,1-5H3,(H2,16,17,18);1H. The Bertz CT molecular complexity index is 398. The van der Waals surface area contributed by atoms with Gasteiger partial charge in [0.05, 0.1) is 12.3 Å². The average molecular weight is 447 g/mol. The molecule has 1 atom stereocenters. The molecule has 0 radical (unpaired) electrons. The quantitative estimate of drug-likeness (QED) is 0.307. The third-order valence-electron chi connectivity index (χ3n) is 3.26. The van der Waals surface area contributed by atoms with Gasteiger partial charge in [-0.15, -0.1) is 24.0 Å². The first-order chi connectivity index (χ1) is 9.80. The van der Waals surface area contributed by atoms with Gasteiger partial charge >= 0.3 is 0 Å². The molecule has 0 saturated heterocycles. The van der Waals surface area contributed by atoms with E-state index >= 15 is 0 Å². The highest BCUT2D eigenvalue weighted by atomic mass is 127. The third kappa shape index (κ3) is 13.6. The Kier molecular flexibility index (Phi) is 14.7. The second-order valence-corrected chi connectivity index (χ2v) is 8.34. The number of sulfone groups is 1. The summed E-state index contributed by atoms with van der Waals surface area (Å²) in [5.74, 6) is 1.74. The monoisotopic (exact) mass is 447 g/mol. The molecule has 0 aliphatic carbocycles. The van der Waals surface area contributed by atoms with E-state index in [1.165, 1.54) is 12.8 Å². The summed E-state index contributed by atoms with van der Waals surface area (Å²) in [6.45, 7) is 11.4. The lowest BCUT2D eigenvalue weighted by Crippen LogP contribution is -2.42. The Balaban J connectivity index is 0. The van der Waals surface area contributed by atoms with Gasteiger partial charge in [-0.05, 0) is 26.2 Å². The van der Waals surface area contributed by atoms with Crippen LogP contribution in [0.25, 0.3) is 0 Å². The largest absolute Gasteiger partial charge is 0.357 e. The Morgan fingerprint density at radius 1 is 1.14 bits per heavy atom. The summed E-state index contributed by atoms with van der Waals surface area (Å²) in [7, 11) is -2.94. The van der Waals surface area contributed by atoms with E-state index < -0.39 is 9.84 Å². The van der Waals surface area contributed by atoms with Crippen LogP contribution in [0.4, 0.5) is 0 Å². The van der Waals surface area contributed by atoms with Gasteiger partial charge in [0.1, 0.15) is 0 Å². The number of hydrogen-bond donors (Lipinski definition) is 2. The van der Waals surface area contributed by atoms with Crippen LogP contribution in [0.5, 0.6) is 0 Å². The second-order valence-electron chi connectivity index (χ2n) is 5.87. The minimum Gasteiger partial charge on any atom is -0.357 e. The van der Waals surface area contributed by atoms with Crippen molar-refractivity contribution in [2.75, 3.05) is 24.6 Å². The summed E-state index contributed by atoms with van der Waals surface area (Å²) in [6, 6.07) is 0.337. The molecule has 0 spiro atoms. The highest BCUT2D eigenvalue weighted by molar-refractivity contribution is 14.0. The van der Waals surface area contributed by atoms with Gasteiger partial charge in [0.25, 0.3) is 0 Å². The molecule has 7 heteroatoms. The van der Waals surface area contributed by atoms with Crippen LogP contribution >= 0.6 is 24.0 Å². The zero-order valence-corrected chi connectivity index (χ0v) is 17.8. The van der Waals surface area contributed by atoms with E-state index in [9.17, 15) is 8.42 Å². The fourth-order valence-electron chi connectivity index (χ4n) is 1.90. The molecular weight excluding hydrogens is 413 g/mol. The number of halogens is 1. The molecule has 0 aliphatic heterocycles. The van der Waals surface area contributed by atoms with E-state index in [2.05, 4.69) is 36.4 Å². The molecule has 0 fully saturated rings. The van der Waals surface area contributed by atoms with Gasteiger partial charge in [0.2, 0.25) is 0 Å². The summed E-state index contributed by atoms with van der Waals surface area (Å²) in [5, 5.41) is 6.50. The van der Waals surface area contributed by atoms with Gasteiger partial charge < -0.3 is 10.6 Å². The number of nitrogens with zero attached hydrogens (tertiary/aromatic N) is 1. The zero-order chi connectivity index (χ0) is 16.3. The first-order valence-electron chi connectivity index (χ1n) is 8.06. The van der Waals surface area contributed by atoms with Crippen molar-refractivity contribution in [3.8, 4) is 0 Å². The normalized spacial score (nSPS) is 13.6. The molecule has 1 unspecified atom stereocenters. The maximum absolute atomic E-state index is 11.5. The molecule has 0 rings (SSSR count). The summed E-state index contributed by atoms with van der Waals surface area (Å²) < 4.78 is 22.9. The minimum atomic E-state index is -2.94. The fraction of sp³-hybridized carbons (Fsp3) is 0.933. The number of hydrogen-bond acceptors (Lipinski definition) is 3. The van der Waals surface area contributed by atoms with Crippen molar-refractivity contribution in [2.24, 2.45) is 10.9 Å². The van der Waals surface area contributed by atoms with E-state index in [0.29, 0.717) is 18.5 Å². The number of nitrogens with one attached hydrogen (secondary N) is 2. The van der Waals surface area contributed by atoms with Crippen molar-refractivity contribution < 1.29 is 8.42 Å². The highest BCUT2D eigenvalue weighted by Gasteiger charge is 2.08. The molecule has 0 heterocycles. The highest BCUT2D eigenvalue weighted by Crippen LogP contribution is 2.08. The molecule has 0 amide bonds. The Morgan fingerprint density at radius 2 is 1.77 bits per heavy atom. The average Bonchev–Trinajstić information content (AvgIpc) is 2.38. The second kappa shape index (κ2) is 13.4. The van der Waals surface area contributed by atoms with Gasteiger partial charge in [-0.25, -0.2) is 8.42 Å². The van der Waals surface area contributed by atoms with Gasteiger partial charge in [-0.1, -0.05) is 33.6 Å². The Labute approximate surface area is 154 Å². The van der Waals surface area contributed by atoms with Crippen molar-refractivity contribution in [1.82, 2.24) is 10.6 Å². The summed E-state index contributed by atoms with van der Waals surface area (Å²) in [5.41, 5.74) is 0. The molecule has 0 aromatic carbocycles. The topological polar surface area (TPSA) is 70.6 Å². The van der Waals surface area contributed by atoms with E-state index in [0.717, 1.165) is 18.9 Å². The van der Waals surface area contributed by atoms with Crippen LogP contribution in [0, 0.1) is 5.92 Å². The first kappa shape index (κ1) is 24.2. The van der Waals surface area contributed by atoms with Crippen molar-refractivity contribution in [1.29, 1.82) is 0 Å². The number of rotatable bonds is 10. The molecule has 0 bridgehead atoms. The van der Waals surface area contributed by atoms with Crippen molar-refractivity contribution >= 4 is 39.8 Å². The molecule has 5 nitrogen and oxygen atoms in total. The van der Waals surface area contributed by atoms with E-state index in [1.807, 2.05) is 6.92 Å². The van der Waals surface area contributed by atoms with Gasteiger partial charge in [0.15, 0.2) is 15.8 Å². The summed E-state index contributed by atoms with van der Waals surface area (Å²) in [6.07, 6.45) is 3.51. The number of aliphatic imine (C=N–C) groups is 1. The lowest BCUT2D eigenvalue weighted by Gasteiger charge is -2.18. The molecule has 0 aromatic heterocycles. The van der Waals surface area contributed by atoms with Crippen molar-refractivity contribution in [2.45, 2.75) is 59.9 Å². The van der Waals surface area contributed by atoms with Gasteiger partial charge in [0, 0.05) is 18.3 Å². The molecule has 0 aliphatic rings. The number of guanidine groups is 1. The SMILES string of the molecule is CCNC(=NCCS(=O)(=O)CC)NC(C)CCCC(C)C.I. The molecule has 0 aromatic rings. The Morgan fingerprint density at radius 3 is 2.27 bits per heavy atom. The van der Waals surface area contributed by atoms with Crippen molar-refractivity contribution in [3.63, 3.8) is 0 Å². The van der Waals surface area contributed by atoms with Gasteiger partial charge in [-0.3, -0.25) is 4.99 Å². The maximum Gasteiger partial charge on any atom is 0.191 e. The molecule has 2 N–H and O–H groups in total. The van der Waals surface area contributed by atoms with Crippen LogP contribution < -0.4 is 10.6 Å². The van der Waals surface area contributed by atoms with E-state index in [1.54, 1.807) is 6.92 Å². The Hall–Kier alpha value is -0.0500. The third-order valence-corrected chi connectivity index (χ3v) is 4.94. The predicted octanol–water partition coefficient (Wildman–Crippen LogP) is 2.81. The van der Waals surface area contributed by atoms with Gasteiger partial charge in [-0.2, -0.15) is 0 Å². The molecule has 22 heavy (non-hydrogen) atoms. The molecule has 0 saturated carbocycles. The molecular formula is C15H34IN3O2S. The first-order valence-corrected chi connectivity index (χ1v) is 9.88. The molecule has 134 valence electrons. The van der Waals surface area contributed by atoms with E-state index in [-0.39, 0.29) is 35.5 Å². The summed E-state index contributed by atoms with van der Waals surface area (Å²) >= 11 is 0.